The minimum atomic E-state index is -0.291. The highest BCUT2D eigenvalue weighted by molar-refractivity contribution is 6.31. The quantitative estimate of drug-likeness (QED) is 0.706. The average molecular weight is 356 g/mol. The van der Waals surface area contributed by atoms with Crippen LogP contribution in [0.4, 0.5) is 0 Å². The summed E-state index contributed by atoms with van der Waals surface area (Å²) in [5.74, 6) is -0.138. The number of carbonyl (C=O) groups excluding carboxylic acids is 1. The molecule has 0 N–H and O–H groups in total. The Morgan fingerprint density at radius 1 is 1.16 bits per heavy atom. The third-order valence-corrected chi connectivity index (χ3v) is 4.47. The molecule has 1 amide bonds. The molecule has 1 aromatic heterocycles. The summed E-state index contributed by atoms with van der Waals surface area (Å²) in [6, 6.07) is 14.7. The second-order valence-corrected chi connectivity index (χ2v) is 6.08. The first-order valence-corrected chi connectivity index (χ1v) is 8.43. The van der Waals surface area contributed by atoms with Gasteiger partial charge in [-0.05, 0) is 30.7 Å². The maximum absolute atomic E-state index is 12.8. The molecular formula is C19H18ClN3O2. The van der Waals surface area contributed by atoms with E-state index in [0.717, 1.165) is 5.56 Å². The van der Waals surface area contributed by atoms with Crippen LogP contribution in [0.1, 0.15) is 12.5 Å². The van der Waals surface area contributed by atoms with Gasteiger partial charge in [0.25, 0.3) is 5.56 Å². The highest BCUT2D eigenvalue weighted by atomic mass is 35.5. The molecule has 0 radical (unpaired) electrons. The summed E-state index contributed by atoms with van der Waals surface area (Å²) in [4.78, 5) is 30.8. The third kappa shape index (κ3) is 3.72. The zero-order valence-corrected chi connectivity index (χ0v) is 14.6. The number of hydrogen-bond donors (Lipinski definition) is 0. The molecule has 0 atom stereocenters. The van der Waals surface area contributed by atoms with Gasteiger partial charge in [-0.2, -0.15) is 0 Å². The highest BCUT2D eigenvalue weighted by Crippen LogP contribution is 2.17. The number of rotatable bonds is 5. The van der Waals surface area contributed by atoms with E-state index in [9.17, 15) is 9.59 Å². The molecule has 0 spiro atoms. The lowest BCUT2D eigenvalue weighted by Crippen LogP contribution is -2.36. The van der Waals surface area contributed by atoms with Crippen LogP contribution in [0.25, 0.3) is 11.0 Å². The smallest absolute Gasteiger partial charge is 0.269 e. The molecule has 0 aliphatic carbocycles. The zero-order valence-electron chi connectivity index (χ0n) is 13.9. The number of nitrogens with zero attached hydrogens (tertiary/aromatic N) is 3. The second-order valence-electron chi connectivity index (χ2n) is 5.67. The molecule has 0 aliphatic rings. The molecular weight excluding hydrogens is 338 g/mol. The molecule has 0 saturated heterocycles. The lowest BCUT2D eigenvalue weighted by molar-refractivity contribution is -0.132. The number of amides is 1. The van der Waals surface area contributed by atoms with E-state index in [1.165, 1.54) is 10.8 Å². The molecule has 1 heterocycles. The Hall–Kier alpha value is -2.66. The third-order valence-electron chi connectivity index (χ3n) is 4.10. The minimum Gasteiger partial charge on any atom is -0.337 e. The Morgan fingerprint density at radius 3 is 2.64 bits per heavy atom. The van der Waals surface area contributed by atoms with Crippen molar-refractivity contribution in [1.29, 1.82) is 0 Å². The van der Waals surface area contributed by atoms with E-state index in [-0.39, 0.29) is 18.0 Å². The van der Waals surface area contributed by atoms with Crippen LogP contribution < -0.4 is 5.56 Å². The Bertz CT molecular complexity index is 968. The number of likely N-dealkylation sites (N-methyl/N-ethyl adjacent to an activating group) is 1. The fourth-order valence-electron chi connectivity index (χ4n) is 2.72. The maximum atomic E-state index is 12.8. The van der Waals surface area contributed by atoms with E-state index in [1.807, 2.05) is 43.3 Å². The average Bonchev–Trinajstić information content (AvgIpc) is 2.63. The molecule has 3 rings (SSSR count). The van der Waals surface area contributed by atoms with Crippen molar-refractivity contribution in [2.24, 2.45) is 0 Å². The van der Waals surface area contributed by atoms with Crippen molar-refractivity contribution in [3.63, 3.8) is 0 Å². The highest BCUT2D eigenvalue weighted by Gasteiger charge is 2.16. The summed E-state index contributed by atoms with van der Waals surface area (Å²) in [5.41, 5.74) is 1.92. The Labute approximate surface area is 150 Å². The number of carbonyl (C=O) groups is 1. The van der Waals surface area contributed by atoms with E-state index < -0.39 is 0 Å². The largest absolute Gasteiger partial charge is 0.337 e. The van der Waals surface area contributed by atoms with Gasteiger partial charge in [-0.3, -0.25) is 14.2 Å². The standard InChI is InChI=1S/C19H18ClN3O2/c1-2-22(12-14-7-3-4-8-15(14)20)19(25)13-23-17-10-6-5-9-16(17)21-11-18(23)24/h3-11H,2,12-13H2,1H3. The topological polar surface area (TPSA) is 55.2 Å². The van der Waals surface area contributed by atoms with Crippen LogP contribution >= 0.6 is 11.6 Å². The van der Waals surface area contributed by atoms with Crippen molar-refractivity contribution in [1.82, 2.24) is 14.5 Å². The molecule has 6 heteroatoms. The predicted octanol–water partition coefficient (Wildman–Crippen LogP) is 3.10. The first-order chi connectivity index (χ1) is 12.1. The van der Waals surface area contributed by atoms with E-state index in [4.69, 9.17) is 11.6 Å². The molecule has 0 fully saturated rings. The number of fused-ring (bicyclic) bond motifs is 1. The summed E-state index contributed by atoms with van der Waals surface area (Å²) < 4.78 is 1.46. The Balaban J connectivity index is 1.87. The molecule has 5 nitrogen and oxygen atoms in total. The van der Waals surface area contributed by atoms with Crippen LogP contribution in [0.3, 0.4) is 0 Å². The summed E-state index contributed by atoms with van der Waals surface area (Å²) in [5, 5.41) is 0.625. The monoisotopic (exact) mass is 355 g/mol. The van der Waals surface area contributed by atoms with E-state index in [1.54, 1.807) is 17.0 Å². The molecule has 128 valence electrons. The van der Waals surface area contributed by atoms with Crippen LogP contribution in [-0.2, 0) is 17.9 Å². The summed E-state index contributed by atoms with van der Waals surface area (Å²) in [6.07, 6.45) is 1.25. The summed E-state index contributed by atoms with van der Waals surface area (Å²) >= 11 is 6.19. The lowest BCUT2D eigenvalue weighted by Gasteiger charge is -2.22. The van der Waals surface area contributed by atoms with Gasteiger partial charge < -0.3 is 4.90 Å². The fraction of sp³-hybridized carbons (Fsp3) is 0.211. The lowest BCUT2D eigenvalue weighted by atomic mass is 10.2. The Kier molecular flexibility index (Phi) is 5.14. The van der Waals surface area contributed by atoms with E-state index in [2.05, 4.69) is 4.98 Å². The van der Waals surface area contributed by atoms with Gasteiger partial charge in [0.1, 0.15) is 6.54 Å². The first kappa shape index (κ1) is 17.2. The molecule has 0 aliphatic heterocycles. The zero-order chi connectivity index (χ0) is 17.8. The number of benzene rings is 2. The van der Waals surface area contributed by atoms with Gasteiger partial charge in [0.15, 0.2) is 0 Å². The molecule has 0 saturated carbocycles. The van der Waals surface area contributed by atoms with Gasteiger partial charge in [-0.25, -0.2) is 4.98 Å². The fourth-order valence-corrected chi connectivity index (χ4v) is 2.92. The molecule has 3 aromatic rings. The van der Waals surface area contributed by atoms with Crippen molar-refractivity contribution in [2.45, 2.75) is 20.0 Å². The minimum absolute atomic E-state index is 0.0276. The van der Waals surface area contributed by atoms with Crippen molar-refractivity contribution in [2.75, 3.05) is 6.54 Å². The van der Waals surface area contributed by atoms with Crippen molar-refractivity contribution >= 4 is 28.5 Å². The molecule has 2 aromatic carbocycles. The van der Waals surface area contributed by atoms with Gasteiger partial charge in [0.2, 0.25) is 5.91 Å². The van der Waals surface area contributed by atoms with E-state index >= 15 is 0 Å². The van der Waals surface area contributed by atoms with Crippen LogP contribution in [-0.4, -0.2) is 26.9 Å². The predicted molar refractivity (Wildman–Crippen MR) is 98.5 cm³/mol. The van der Waals surface area contributed by atoms with Crippen LogP contribution in [0, 0.1) is 0 Å². The van der Waals surface area contributed by atoms with Crippen molar-refractivity contribution < 1.29 is 4.79 Å². The van der Waals surface area contributed by atoms with Gasteiger partial charge in [-0.1, -0.05) is 41.9 Å². The van der Waals surface area contributed by atoms with Crippen molar-refractivity contribution in [3.8, 4) is 0 Å². The number of halogens is 1. The molecule has 0 unspecified atom stereocenters. The number of hydrogen-bond acceptors (Lipinski definition) is 3. The Morgan fingerprint density at radius 2 is 1.88 bits per heavy atom. The number of aromatic nitrogens is 2. The van der Waals surface area contributed by atoms with Gasteiger partial charge >= 0.3 is 0 Å². The van der Waals surface area contributed by atoms with Crippen molar-refractivity contribution in [3.05, 3.63) is 75.7 Å². The maximum Gasteiger partial charge on any atom is 0.269 e. The second kappa shape index (κ2) is 7.49. The van der Waals surface area contributed by atoms with E-state index in [0.29, 0.717) is 29.1 Å². The van der Waals surface area contributed by atoms with Gasteiger partial charge in [0, 0.05) is 18.1 Å². The van der Waals surface area contributed by atoms with Gasteiger partial charge in [0.05, 0.1) is 17.2 Å². The molecule has 0 bridgehead atoms. The van der Waals surface area contributed by atoms with Gasteiger partial charge in [-0.15, -0.1) is 0 Å². The van der Waals surface area contributed by atoms with Crippen LogP contribution in [0.5, 0.6) is 0 Å². The first-order valence-electron chi connectivity index (χ1n) is 8.06. The normalized spacial score (nSPS) is 10.8. The molecule has 25 heavy (non-hydrogen) atoms. The van der Waals surface area contributed by atoms with Crippen LogP contribution in [0.2, 0.25) is 5.02 Å². The van der Waals surface area contributed by atoms with Crippen LogP contribution in [0.15, 0.2) is 59.5 Å². The number of para-hydroxylation sites is 2. The summed E-state index contributed by atoms with van der Waals surface area (Å²) in [6.45, 7) is 2.82. The SMILES string of the molecule is CCN(Cc1ccccc1Cl)C(=O)Cn1c(=O)cnc2ccccc21. The summed E-state index contributed by atoms with van der Waals surface area (Å²) in [7, 11) is 0.